The standard InChI is InChI=1S/C26H32F2N4O3/c1-15(17-3-4-17)31-24(33)21-10-30-25(35-13-16-11-34-12-16)22(18-7-19(27)9-20(28)8-18)23(21)32-6-5-26(2,29)14-32/h7-10,15-17H,3-6,11-14,29H2,1-2H3,(H,31,33)/t15?,26-/m0/s1. The molecule has 3 heterocycles. The van der Waals surface area contributed by atoms with Crippen LogP contribution < -0.4 is 20.7 Å². The second-order valence-corrected chi connectivity index (χ2v) is 10.5. The Labute approximate surface area is 204 Å². The van der Waals surface area contributed by atoms with Crippen molar-refractivity contribution in [1.82, 2.24) is 10.3 Å². The van der Waals surface area contributed by atoms with Crippen LogP contribution in [0.4, 0.5) is 14.5 Å². The van der Waals surface area contributed by atoms with E-state index in [0.29, 0.717) is 62.1 Å². The van der Waals surface area contributed by atoms with E-state index in [9.17, 15) is 13.6 Å². The van der Waals surface area contributed by atoms with Gasteiger partial charge < -0.3 is 25.4 Å². The minimum Gasteiger partial charge on any atom is -0.477 e. The van der Waals surface area contributed by atoms with Crippen LogP contribution in [0.2, 0.25) is 0 Å². The summed E-state index contributed by atoms with van der Waals surface area (Å²) in [6, 6.07) is 3.34. The number of pyridine rings is 1. The van der Waals surface area contributed by atoms with Gasteiger partial charge in [-0.3, -0.25) is 4.79 Å². The fourth-order valence-electron chi connectivity index (χ4n) is 4.80. The Morgan fingerprint density at radius 2 is 2.03 bits per heavy atom. The van der Waals surface area contributed by atoms with Crippen molar-refractivity contribution in [3.8, 4) is 17.0 Å². The number of halogens is 2. The van der Waals surface area contributed by atoms with Crippen molar-refractivity contribution < 1.29 is 23.0 Å². The number of nitrogens with zero attached hydrogens (tertiary/aromatic N) is 2. The number of anilines is 1. The molecule has 0 bridgehead atoms. The zero-order valence-electron chi connectivity index (χ0n) is 20.2. The second kappa shape index (κ2) is 9.35. The molecule has 3 fully saturated rings. The number of hydrogen-bond acceptors (Lipinski definition) is 6. The van der Waals surface area contributed by atoms with Crippen LogP contribution in [0, 0.1) is 23.5 Å². The van der Waals surface area contributed by atoms with Crippen LogP contribution in [0.15, 0.2) is 24.4 Å². The Balaban J connectivity index is 1.63. The summed E-state index contributed by atoms with van der Waals surface area (Å²) >= 11 is 0. The summed E-state index contributed by atoms with van der Waals surface area (Å²) in [7, 11) is 0. The van der Waals surface area contributed by atoms with E-state index in [1.54, 1.807) is 0 Å². The average Bonchev–Trinajstić information content (AvgIpc) is 3.54. The molecule has 0 spiro atoms. The molecule has 3 N–H and O–H groups in total. The Kier molecular flexibility index (Phi) is 6.40. The van der Waals surface area contributed by atoms with E-state index in [2.05, 4.69) is 10.3 Å². The smallest absolute Gasteiger partial charge is 0.255 e. The first kappa shape index (κ1) is 23.9. The Morgan fingerprint density at radius 1 is 1.31 bits per heavy atom. The summed E-state index contributed by atoms with van der Waals surface area (Å²) in [5, 5.41) is 3.09. The summed E-state index contributed by atoms with van der Waals surface area (Å²) in [6.07, 6.45) is 4.40. The highest BCUT2D eigenvalue weighted by Crippen LogP contribution is 2.43. The molecule has 1 aromatic carbocycles. The highest BCUT2D eigenvalue weighted by Gasteiger charge is 2.36. The largest absolute Gasteiger partial charge is 0.477 e. The topological polar surface area (TPSA) is 89.7 Å². The molecule has 2 atom stereocenters. The normalized spacial score (nSPS) is 23.2. The molecule has 1 aromatic heterocycles. The first-order chi connectivity index (χ1) is 16.7. The van der Waals surface area contributed by atoms with Gasteiger partial charge in [0, 0.05) is 42.9 Å². The number of nitrogens with one attached hydrogen (secondary N) is 1. The monoisotopic (exact) mass is 486 g/mol. The average molecular weight is 487 g/mol. The number of rotatable bonds is 8. The van der Waals surface area contributed by atoms with Crippen LogP contribution in [-0.2, 0) is 4.74 Å². The number of amides is 1. The van der Waals surface area contributed by atoms with Crippen molar-refractivity contribution in [1.29, 1.82) is 0 Å². The predicted octanol–water partition coefficient (Wildman–Crippen LogP) is 3.51. The molecule has 1 saturated carbocycles. The predicted molar refractivity (Wildman–Crippen MR) is 128 cm³/mol. The van der Waals surface area contributed by atoms with E-state index in [1.807, 2.05) is 18.7 Å². The molecule has 9 heteroatoms. The van der Waals surface area contributed by atoms with Crippen molar-refractivity contribution in [2.45, 2.75) is 44.7 Å². The second-order valence-electron chi connectivity index (χ2n) is 10.5. The van der Waals surface area contributed by atoms with Crippen LogP contribution in [0.25, 0.3) is 11.1 Å². The number of carbonyl (C=O) groups excluding carboxylic acids is 1. The molecule has 7 nitrogen and oxygen atoms in total. The zero-order chi connectivity index (χ0) is 24.7. The molecule has 0 radical (unpaired) electrons. The van der Waals surface area contributed by atoms with Crippen LogP contribution in [0.3, 0.4) is 0 Å². The summed E-state index contributed by atoms with van der Waals surface area (Å²) < 4.78 is 40.0. The van der Waals surface area contributed by atoms with E-state index >= 15 is 0 Å². The molecule has 2 aromatic rings. The molecule has 5 rings (SSSR count). The van der Waals surface area contributed by atoms with E-state index in [1.165, 1.54) is 18.3 Å². The highest BCUT2D eigenvalue weighted by atomic mass is 19.1. The summed E-state index contributed by atoms with van der Waals surface area (Å²) in [4.78, 5) is 19.9. The Morgan fingerprint density at radius 3 is 2.60 bits per heavy atom. The van der Waals surface area contributed by atoms with Crippen molar-refractivity contribution in [3.05, 3.63) is 41.6 Å². The summed E-state index contributed by atoms with van der Waals surface area (Å²) in [6.45, 7) is 6.57. The van der Waals surface area contributed by atoms with E-state index < -0.39 is 17.2 Å². The first-order valence-corrected chi connectivity index (χ1v) is 12.2. The number of nitrogens with two attached hydrogens (primary N) is 1. The minimum atomic E-state index is -0.716. The number of carbonyl (C=O) groups is 1. The number of aromatic nitrogens is 1. The number of benzene rings is 1. The minimum absolute atomic E-state index is 0.0262. The Bertz CT molecular complexity index is 1100. The maximum atomic E-state index is 14.4. The lowest BCUT2D eigenvalue weighted by atomic mass is 9.99. The van der Waals surface area contributed by atoms with Gasteiger partial charge in [-0.05, 0) is 56.7 Å². The molecular formula is C26H32F2N4O3. The third-order valence-electron chi connectivity index (χ3n) is 7.08. The van der Waals surface area contributed by atoms with Gasteiger partial charge in [-0.2, -0.15) is 0 Å². The lowest BCUT2D eigenvalue weighted by Crippen LogP contribution is -2.40. The third kappa shape index (κ3) is 5.26. The molecular weight excluding hydrogens is 454 g/mol. The maximum absolute atomic E-state index is 14.4. The summed E-state index contributed by atoms with van der Waals surface area (Å²) in [5.74, 6) is -0.778. The molecule has 2 saturated heterocycles. The van der Waals surface area contributed by atoms with Crippen molar-refractivity contribution in [2.24, 2.45) is 17.6 Å². The number of hydrogen-bond donors (Lipinski definition) is 2. The Hall–Kier alpha value is -2.78. The van der Waals surface area contributed by atoms with Gasteiger partial charge in [0.1, 0.15) is 11.6 Å². The lowest BCUT2D eigenvalue weighted by molar-refractivity contribution is -0.0513. The van der Waals surface area contributed by atoms with E-state index in [0.717, 1.165) is 18.9 Å². The van der Waals surface area contributed by atoms with Gasteiger partial charge >= 0.3 is 0 Å². The van der Waals surface area contributed by atoms with E-state index in [4.69, 9.17) is 15.2 Å². The zero-order valence-corrected chi connectivity index (χ0v) is 20.2. The van der Waals surface area contributed by atoms with Gasteiger partial charge in [0.15, 0.2) is 0 Å². The van der Waals surface area contributed by atoms with Gasteiger partial charge in [0.2, 0.25) is 5.88 Å². The van der Waals surface area contributed by atoms with Crippen LogP contribution >= 0.6 is 0 Å². The lowest BCUT2D eigenvalue weighted by Gasteiger charge is -2.29. The van der Waals surface area contributed by atoms with Gasteiger partial charge in [0.05, 0.1) is 36.6 Å². The number of ether oxygens (including phenoxy) is 2. The fraction of sp³-hybridized carbons (Fsp3) is 0.538. The van der Waals surface area contributed by atoms with Crippen molar-refractivity contribution in [2.75, 3.05) is 37.8 Å². The maximum Gasteiger partial charge on any atom is 0.255 e. The summed E-state index contributed by atoms with van der Waals surface area (Å²) in [5.41, 5.74) is 7.51. The molecule has 188 valence electrons. The van der Waals surface area contributed by atoms with Gasteiger partial charge in [0.25, 0.3) is 5.91 Å². The van der Waals surface area contributed by atoms with Crippen LogP contribution in [0.5, 0.6) is 5.88 Å². The van der Waals surface area contributed by atoms with Gasteiger partial charge in [-0.25, -0.2) is 13.8 Å². The molecule has 3 aliphatic rings. The molecule has 1 aliphatic carbocycles. The SMILES string of the molecule is CC(NC(=O)c1cnc(OCC2COC2)c(-c2cc(F)cc(F)c2)c1N1CC[C@](C)(N)C1)C1CC1. The quantitative estimate of drug-likeness (QED) is 0.594. The van der Waals surface area contributed by atoms with Gasteiger partial charge in [-0.1, -0.05) is 0 Å². The first-order valence-electron chi connectivity index (χ1n) is 12.2. The molecule has 2 aliphatic heterocycles. The van der Waals surface area contributed by atoms with Crippen molar-refractivity contribution in [3.63, 3.8) is 0 Å². The van der Waals surface area contributed by atoms with Crippen LogP contribution in [0.1, 0.15) is 43.5 Å². The fourth-order valence-corrected chi connectivity index (χ4v) is 4.80. The van der Waals surface area contributed by atoms with E-state index in [-0.39, 0.29) is 29.3 Å². The third-order valence-corrected chi connectivity index (χ3v) is 7.08. The molecule has 1 amide bonds. The van der Waals surface area contributed by atoms with Crippen molar-refractivity contribution >= 4 is 11.6 Å². The highest BCUT2D eigenvalue weighted by molar-refractivity contribution is 6.04. The molecule has 1 unspecified atom stereocenters. The van der Waals surface area contributed by atoms with Gasteiger partial charge in [-0.15, -0.1) is 0 Å². The molecule has 35 heavy (non-hydrogen) atoms. The van der Waals surface area contributed by atoms with Crippen LogP contribution in [-0.4, -0.2) is 55.4 Å².